The number of rotatable bonds is 5. The lowest BCUT2D eigenvalue weighted by Gasteiger charge is -2.10. The number of benzene rings is 2. The van der Waals surface area contributed by atoms with Crippen molar-refractivity contribution in [2.24, 2.45) is 0 Å². The van der Waals surface area contributed by atoms with Crippen LogP contribution in [0.15, 0.2) is 59.2 Å². The number of carbonyl (C=O) groups is 1. The largest absolute Gasteiger partial charge is 0.307 e. The predicted octanol–water partition coefficient (Wildman–Crippen LogP) is 4.16. The molecule has 132 valence electrons. The van der Waals surface area contributed by atoms with Crippen LogP contribution in [-0.4, -0.2) is 20.6 Å². The smallest absolute Gasteiger partial charge is 0.273 e. The number of amides is 1. The van der Waals surface area contributed by atoms with Crippen molar-refractivity contribution in [2.75, 3.05) is 5.32 Å². The molecule has 1 heterocycles. The monoisotopic (exact) mass is 414 g/mol. The average molecular weight is 415 g/mol. The fraction of sp³-hybridized carbons (Fsp3) is 0.111. The Morgan fingerprint density at radius 3 is 2.77 bits per heavy atom. The van der Waals surface area contributed by atoms with Gasteiger partial charge in [0.15, 0.2) is 0 Å². The summed E-state index contributed by atoms with van der Waals surface area (Å²) < 4.78 is 2.60. The lowest BCUT2D eigenvalue weighted by Crippen LogP contribution is -2.16. The minimum atomic E-state index is -0.497. The molecule has 3 rings (SSSR count). The number of hydrogen-bond donors (Lipinski definition) is 1. The standard InChI is InChI=1S/C18H15BrN4O3/c1-12-6-7-13(10-16(12)23(25)26)18(24)21-17-8-9-20-22(17)11-14-4-2-3-5-15(14)19/h2-10H,11H2,1H3,(H,21,24). The highest BCUT2D eigenvalue weighted by atomic mass is 79.9. The van der Waals surface area contributed by atoms with Crippen LogP contribution >= 0.6 is 15.9 Å². The fourth-order valence-corrected chi connectivity index (χ4v) is 2.90. The normalized spacial score (nSPS) is 10.5. The summed E-state index contributed by atoms with van der Waals surface area (Å²) in [5.74, 6) is 0.0796. The molecule has 26 heavy (non-hydrogen) atoms. The minimum Gasteiger partial charge on any atom is -0.307 e. The van der Waals surface area contributed by atoms with Gasteiger partial charge in [-0.25, -0.2) is 4.68 Å². The van der Waals surface area contributed by atoms with Gasteiger partial charge in [-0.2, -0.15) is 5.10 Å². The molecule has 0 fully saturated rings. The molecule has 7 nitrogen and oxygen atoms in total. The van der Waals surface area contributed by atoms with Gasteiger partial charge in [-0.1, -0.05) is 40.2 Å². The number of halogens is 1. The van der Waals surface area contributed by atoms with E-state index in [0.717, 1.165) is 10.0 Å². The molecule has 1 N–H and O–H groups in total. The second-order valence-corrected chi connectivity index (χ2v) is 6.53. The Morgan fingerprint density at radius 1 is 1.27 bits per heavy atom. The Morgan fingerprint density at radius 2 is 2.04 bits per heavy atom. The number of anilines is 1. The van der Waals surface area contributed by atoms with Crippen molar-refractivity contribution in [3.63, 3.8) is 0 Å². The third-order valence-electron chi connectivity index (χ3n) is 3.90. The molecular weight excluding hydrogens is 400 g/mol. The zero-order valence-corrected chi connectivity index (χ0v) is 15.4. The van der Waals surface area contributed by atoms with Gasteiger partial charge < -0.3 is 5.32 Å². The van der Waals surface area contributed by atoms with E-state index in [9.17, 15) is 14.9 Å². The number of nitrogens with one attached hydrogen (secondary N) is 1. The zero-order chi connectivity index (χ0) is 18.7. The SMILES string of the molecule is Cc1ccc(C(=O)Nc2ccnn2Cc2ccccc2Br)cc1[N+](=O)[O-]. The molecule has 1 aromatic heterocycles. The Hall–Kier alpha value is -3.00. The predicted molar refractivity (Wildman–Crippen MR) is 101 cm³/mol. The topological polar surface area (TPSA) is 90.1 Å². The molecule has 1 amide bonds. The summed E-state index contributed by atoms with van der Waals surface area (Å²) in [6.07, 6.45) is 1.59. The van der Waals surface area contributed by atoms with Crippen LogP contribution in [0.2, 0.25) is 0 Å². The van der Waals surface area contributed by atoms with Gasteiger partial charge in [-0.05, 0) is 24.6 Å². The van der Waals surface area contributed by atoms with E-state index in [-0.39, 0.29) is 11.3 Å². The van der Waals surface area contributed by atoms with E-state index in [1.165, 1.54) is 6.07 Å². The molecule has 2 aromatic carbocycles. The highest BCUT2D eigenvalue weighted by Crippen LogP contribution is 2.21. The molecule has 0 spiro atoms. The summed E-state index contributed by atoms with van der Waals surface area (Å²) in [6.45, 7) is 2.10. The van der Waals surface area contributed by atoms with Crippen molar-refractivity contribution >= 4 is 33.3 Å². The van der Waals surface area contributed by atoms with Crippen LogP contribution in [0.4, 0.5) is 11.5 Å². The van der Waals surface area contributed by atoms with Crippen LogP contribution in [0.1, 0.15) is 21.5 Å². The third kappa shape index (κ3) is 3.80. The third-order valence-corrected chi connectivity index (χ3v) is 4.68. The molecule has 0 saturated heterocycles. The maximum atomic E-state index is 12.5. The van der Waals surface area contributed by atoms with Crippen molar-refractivity contribution in [3.8, 4) is 0 Å². The van der Waals surface area contributed by atoms with Gasteiger partial charge in [0.05, 0.1) is 17.7 Å². The molecule has 0 aliphatic heterocycles. The summed E-state index contributed by atoms with van der Waals surface area (Å²) >= 11 is 3.49. The van der Waals surface area contributed by atoms with Gasteiger partial charge in [-0.3, -0.25) is 14.9 Å². The molecule has 0 unspecified atom stereocenters. The van der Waals surface area contributed by atoms with Gasteiger partial charge in [0.25, 0.3) is 11.6 Å². The number of nitro benzene ring substituents is 1. The van der Waals surface area contributed by atoms with E-state index in [1.54, 1.807) is 36.0 Å². The van der Waals surface area contributed by atoms with Crippen molar-refractivity contribution in [2.45, 2.75) is 13.5 Å². The second kappa shape index (κ2) is 7.49. The number of nitrogens with zero attached hydrogens (tertiary/aromatic N) is 3. The van der Waals surface area contributed by atoms with Crippen molar-refractivity contribution in [1.29, 1.82) is 0 Å². The highest BCUT2D eigenvalue weighted by Gasteiger charge is 2.16. The summed E-state index contributed by atoms with van der Waals surface area (Å²) in [6, 6.07) is 13.8. The molecule has 0 saturated carbocycles. The quantitative estimate of drug-likeness (QED) is 0.501. The Balaban J connectivity index is 1.81. The van der Waals surface area contributed by atoms with Gasteiger partial charge in [-0.15, -0.1) is 0 Å². The van der Waals surface area contributed by atoms with Crippen molar-refractivity contribution in [1.82, 2.24) is 9.78 Å². The number of hydrogen-bond acceptors (Lipinski definition) is 4. The van der Waals surface area contributed by atoms with Gasteiger partial charge >= 0.3 is 0 Å². The summed E-state index contributed by atoms with van der Waals surface area (Å²) in [7, 11) is 0. The van der Waals surface area contributed by atoms with Crippen LogP contribution in [0.5, 0.6) is 0 Å². The van der Waals surface area contributed by atoms with Crippen molar-refractivity contribution < 1.29 is 9.72 Å². The Kier molecular flexibility index (Phi) is 5.13. The average Bonchev–Trinajstić information content (AvgIpc) is 3.04. The zero-order valence-electron chi connectivity index (χ0n) is 13.8. The van der Waals surface area contributed by atoms with Crippen molar-refractivity contribution in [3.05, 3.63) is 86.0 Å². The first-order chi connectivity index (χ1) is 12.5. The molecule has 3 aromatic rings. The first-order valence-electron chi connectivity index (χ1n) is 7.77. The van der Waals surface area contributed by atoms with E-state index in [4.69, 9.17) is 0 Å². The molecule has 0 atom stereocenters. The molecule has 0 bridgehead atoms. The van der Waals surface area contributed by atoms with E-state index in [1.807, 2.05) is 24.3 Å². The maximum absolute atomic E-state index is 12.5. The summed E-state index contributed by atoms with van der Waals surface area (Å²) in [5, 5.41) is 18.0. The first kappa shape index (κ1) is 17.8. The molecule has 0 aliphatic carbocycles. The number of nitro groups is 1. The van der Waals surface area contributed by atoms with Crippen LogP contribution in [-0.2, 0) is 6.54 Å². The lowest BCUT2D eigenvalue weighted by molar-refractivity contribution is -0.385. The summed E-state index contributed by atoms with van der Waals surface area (Å²) in [5.41, 5.74) is 1.65. The number of carbonyl (C=O) groups excluding carboxylic acids is 1. The molecule has 0 radical (unpaired) electrons. The van der Waals surface area contributed by atoms with Crippen LogP contribution in [0, 0.1) is 17.0 Å². The second-order valence-electron chi connectivity index (χ2n) is 5.68. The van der Waals surface area contributed by atoms with Crippen LogP contribution in [0.25, 0.3) is 0 Å². The molecule has 8 heteroatoms. The number of aryl methyl sites for hydroxylation is 1. The molecule has 0 aliphatic rings. The van der Waals surface area contributed by atoms with E-state index >= 15 is 0 Å². The van der Waals surface area contributed by atoms with E-state index in [2.05, 4.69) is 26.3 Å². The van der Waals surface area contributed by atoms with Gasteiger partial charge in [0.1, 0.15) is 5.82 Å². The van der Waals surface area contributed by atoms with Gasteiger partial charge in [0, 0.05) is 27.7 Å². The summed E-state index contributed by atoms with van der Waals surface area (Å²) in [4.78, 5) is 23.0. The molecular formula is C18H15BrN4O3. The lowest BCUT2D eigenvalue weighted by atomic mass is 10.1. The van der Waals surface area contributed by atoms with E-state index < -0.39 is 10.8 Å². The van der Waals surface area contributed by atoms with E-state index in [0.29, 0.717) is 17.9 Å². The first-order valence-corrected chi connectivity index (χ1v) is 8.56. The number of aromatic nitrogens is 2. The minimum absolute atomic E-state index is 0.0839. The fourth-order valence-electron chi connectivity index (χ4n) is 2.49. The van der Waals surface area contributed by atoms with Crippen LogP contribution in [0.3, 0.4) is 0 Å². The Labute approximate surface area is 157 Å². The Bertz CT molecular complexity index is 984. The van der Waals surface area contributed by atoms with Crippen LogP contribution < -0.4 is 5.32 Å². The van der Waals surface area contributed by atoms with Gasteiger partial charge in [0.2, 0.25) is 0 Å². The highest BCUT2D eigenvalue weighted by molar-refractivity contribution is 9.10. The maximum Gasteiger partial charge on any atom is 0.273 e.